The second-order valence-corrected chi connectivity index (χ2v) is 23.4. The number of benzene rings is 2. The smallest absolute Gasteiger partial charge is 0.245 e. The van der Waals surface area contributed by atoms with Crippen LogP contribution < -0.4 is 110 Å². The molecule has 0 saturated carbocycles. The summed E-state index contributed by atoms with van der Waals surface area (Å²) < 4.78 is 0. The number of nitrogens with two attached hydrogens (primary N) is 8. The van der Waals surface area contributed by atoms with E-state index in [0.717, 1.165) is 11.1 Å². The lowest BCUT2D eigenvalue weighted by atomic mass is 10.0. The molecule has 0 aliphatic rings. The third-order valence-corrected chi connectivity index (χ3v) is 14.9. The van der Waals surface area contributed by atoms with Gasteiger partial charge in [0.05, 0.1) is 38.4 Å². The molecule has 2 aromatic rings. The average Bonchev–Trinajstić information content (AvgIpc) is 0.884. The van der Waals surface area contributed by atoms with Gasteiger partial charge in [-0.25, -0.2) is 0 Å². The van der Waals surface area contributed by atoms with Crippen LogP contribution in [0.1, 0.15) is 102 Å². The van der Waals surface area contributed by atoms with Crippen molar-refractivity contribution in [2.45, 2.75) is 171 Å². The highest BCUT2D eigenvalue weighted by Crippen LogP contribution is 2.11. The number of aryl methyl sites for hydroxylation is 1. The number of carbonyl (C=O) groups is 13. The van der Waals surface area contributed by atoms with Gasteiger partial charge in [-0.3, -0.25) is 72.3 Å². The topological polar surface area (TPSA) is 640 Å². The van der Waals surface area contributed by atoms with Gasteiger partial charge in [-0.15, -0.1) is 0 Å². The Morgan fingerprint density at radius 1 is 0.424 bits per heavy atom. The SMILES string of the molecule is Cc1ccc(C[C@H](N)C(=O)NCC(=O)NCC(=O)N[C@@H](Cc2ccccc2)C(=O)N[C@H](C(=O)NCC(=O)N[C@@H](C)C(=O)N[C@@H](CCCN=C(N)N)C(=O)N[C@@H](CCCCN)C(=O)N[C@@H](CO)C(=O)N[C@@H](C)C(=O)N[C@@H](CCCN=C(N)N)C(=O)N[C@@H](CCCCN)C(N)=O)[C@@H](C)O)cc1. The van der Waals surface area contributed by atoms with Crippen LogP contribution in [0.4, 0.5) is 0 Å². The van der Waals surface area contributed by atoms with Crippen molar-refractivity contribution in [3.05, 3.63) is 71.3 Å². The monoisotopic (exact) mass is 1390 g/mol. The first kappa shape index (κ1) is 85.0. The van der Waals surface area contributed by atoms with Gasteiger partial charge in [0.2, 0.25) is 76.8 Å². The van der Waals surface area contributed by atoms with E-state index in [1.165, 1.54) is 20.8 Å². The van der Waals surface area contributed by atoms with Crippen molar-refractivity contribution < 1.29 is 72.5 Å². The van der Waals surface area contributed by atoms with E-state index in [9.17, 15) is 72.5 Å². The Morgan fingerprint density at radius 2 is 0.838 bits per heavy atom. The van der Waals surface area contributed by atoms with Crippen molar-refractivity contribution in [2.75, 3.05) is 52.4 Å². The third-order valence-electron chi connectivity index (χ3n) is 14.9. The Kier molecular flexibility index (Phi) is 39.6. The van der Waals surface area contributed by atoms with Gasteiger partial charge in [0.25, 0.3) is 0 Å². The number of aliphatic hydroxyl groups excluding tert-OH is 2. The Labute approximate surface area is 574 Å². The fourth-order valence-corrected chi connectivity index (χ4v) is 9.28. The minimum absolute atomic E-state index is 0.0251. The number of aliphatic hydroxyl groups is 2. The van der Waals surface area contributed by atoms with Crippen LogP contribution in [0.5, 0.6) is 0 Å². The summed E-state index contributed by atoms with van der Waals surface area (Å²) in [6.07, 6.45) is 0.239. The molecular weight excluding hydrogens is 1290 g/mol. The number of unbranched alkanes of at least 4 members (excludes halogenated alkanes) is 2. The molecule has 0 bridgehead atoms. The van der Waals surface area contributed by atoms with Gasteiger partial charge in [-0.1, -0.05) is 60.2 Å². The first-order chi connectivity index (χ1) is 46.9. The summed E-state index contributed by atoms with van der Waals surface area (Å²) in [5, 5.41) is 50.1. The molecule has 30 N–H and O–H groups in total. The van der Waals surface area contributed by atoms with E-state index in [1.807, 2.05) is 31.2 Å². The lowest BCUT2D eigenvalue weighted by Crippen LogP contribution is -2.60. The Bertz CT molecular complexity index is 3040. The van der Waals surface area contributed by atoms with E-state index < -0.39 is 170 Å². The molecule has 0 aliphatic carbocycles. The first-order valence-electron chi connectivity index (χ1n) is 32.4. The maximum atomic E-state index is 14.1. The zero-order chi connectivity index (χ0) is 74.1. The fourth-order valence-electron chi connectivity index (χ4n) is 9.28. The Hall–Kier alpha value is -10.1. The molecule has 13 amide bonds. The number of aliphatic imine (C=N–C) groups is 2. The van der Waals surface area contributed by atoms with Crippen LogP contribution in [0.3, 0.4) is 0 Å². The summed E-state index contributed by atoms with van der Waals surface area (Å²) in [6, 6.07) is 1.86. The fraction of sp³-hybridized carbons (Fsp3) is 0.565. The molecule has 37 heteroatoms. The zero-order valence-corrected chi connectivity index (χ0v) is 56.4. The average molecular weight is 1400 g/mol. The number of nitrogens with zero attached hydrogens (tertiary/aromatic N) is 2. The van der Waals surface area contributed by atoms with E-state index in [2.05, 4.69) is 73.8 Å². The molecule has 2 rings (SSSR count). The summed E-state index contributed by atoms with van der Waals surface area (Å²) in [5.41, 5.74) is 47.1. The van der Waals surface area contributed by atoms with Gasteiger partial charge in [-0.2, -0.15) is 0 Å². The van der Waals surface area contributed by atoms with Crippen LogP contribution >= 0.6 is 0 Å². The molecule has 0 spiro atoms. The number of nitrogens with one attached hydrogen (secondary N) is 12. The van der Waals surface area contributed by atoms with Crippen LogP contribution in [-0.4, -0.2) is 218 Å². The molecule has 0 saturated heterocycles. The van der Waals surface area contributed by atoms with Crippen molar-refractivity contribution in [1.29, 1.82) is 0 Å². The van der Waals surface area contributed by atoms with Crippen molar-refractivity contribution in [3.8, 4) is 0 Å². The van der Waals surface area contributed by atoms with E-state index in [1.54, 1.807) is 30.3 Å². The van der Waals surface area contributed by atoms with E-state index >= 15 is 0 Å². The normalized spacial score (nSPS) is 14.2. The molecule has 0 fully saturated rings. The molecule has 0 aromatic heterocycles. The summed E-state index contributed by atoms with van der Waals surface area (Å²) in [7, 11) is 0. The van der Waals surface area contributed by atoms with Crippen LogP contribution in [0.2, 0.25) is 0 Å². The first-order valence-corrected chi connectivity index (χ1v) is 32.4. The largest absolute Gasteiger partial charge is 0.394 e. The highest BCUT2D eigenvalue weighted by Gasteiger charge is 2.34. The van der Waals surface area contributed by atoms with Crippen molar-refractivity contribution in [3.63, 3.8) is 0 Å². The lowest BCUT2D eigenvalue weighted by molar-refractivity contribution is -0.136. The second-order valence-electron chi connectivity index (χ2n) is 23.4. The van der Waals surface area contributed by atoms with E-state index in [0.29, 0.717) is 31.4 Å². The molecule has 2 aromatic carbocycles. The minimum atomic E-state index is -1.73. The maximum Gasteiger partial charge on any atom is 0.245 e. The highest BCUT2D eigenvalue weighted by atomic mass is 16.3. The lowest BCUT2D eigenvalue weighted by Gasteiger charge is -2.26. The third kappa shape index (κ3) is 34.6. The quantitative estimate of drug-likeness (QED) is 0.0166. The van der Waals surface area contributed by atoms with E-state index in [4.69, 9.17) is 45.9 Å². The van der Waals surface area contributed by atoms with Crippen molar-refractivity contribution in [2.24, 2.45) is 55.9 Å². The van der Waals surface area contributed by atoms with Gasteiger partial charge < -0.3 is 120 Å². The molecule has 37 nitrogen and oxygen atoms in total. The number of rotatable bonds is 47. The predicted molar refractivity (Wildman–Crippen MR) is 364 cm³/mol. The minimum Gasteiger partial charge on any atom is -0.394 e. The summed E-state index contributed by atoms with van der Waals surface area (Å²) in [4.78, 5) is 181. The maximum absolute atomic E-state index is 14.1. The van der Waals surface area contributed by atoms with Gasteiger partial charge in [0, 0.05) is 19.5 Å². The molecule has 0 aliphatic heterocycles. The molecular formula is C62H102N22O15. The van der Waals surface area contributed by atoms with Gasteiger partial charge in [0.15, 0.2) is 11.9 Å². The molecule has 0 heterocycles. The molecule has 99 heavy (non-hydrogen) atoms. The summed E-state index contributed by atoms with van der Waals surface area (Å²) >= 11 is 0. The Morgan fingerprint density at radius 3 is 1.33 bits per heavy atom. The molecule has 0 radical (unpaired) electrons. The van der Waals surface area contributed by atoms with Crippen LogP contribution in [-0.2, 0) is 75.2 Å². The zero-order valence-electron chi connectivity index (χ0n) is 56.4. The van der Waals surface area contributed by atoms with Crippen LogP contribution in [0.25, 0.3) is 0 Å². The number of hydrogen-bond acceptors (Lipinski definition) is 20. The number of guanidine groups is 2. The predicted octanol–water partition coefficient (Wildman–Crippen LogP) is -8.92. The standard InChI is InChI=1S/C62H102N22O15/c1-34-20-22-39(23-21-34)28-40(65)54(93)74-30-47(87)73-31-49(89)78-45(29-38-14-6-5-7-15-38)58(97)84-50(37(4)86)60(99)75-32-48(88)76-35(2)52(91)80-44(19-13-27-72-62(69)70)56(95)82-42(17-9-11-25-64)57(96)83-46(33-85)59(98)77-36(3)53(92)81-43(18-12-26-71-61(67)68)55(94)79-41(51(66)90)16-8-10-24-63/h5-7,14-15,20-23,35-37,40-46,50,85-86H,8-13,16-19,24-33,63-65H2,1-4H3,(H2,66,90)(H,73,87)(H,74,93)(H,75,99)(H,76,88)(H,77,98)(H,78,89)(H,79,94)(H,80,91)(H,81,92)(H,82,95)(H,83,96)(H,84,97)(H4,67,68,71)(H4,69,70,72)/t35-,36-,37+,40-,41-,42-,43-,44-,45-,46-,50-/m0/s1. The second kappa shape index (κ2) is 46.2. The van der Waals surface area contributed by atoms with Crippen LogP contribution in [0, 0.1) is 6.92 Å². The van der Waals surface area contributed by atoms with Crippen molar-refractivity contribution >= 4 is 88.7 Å². The van der Waals surface area contributed by atoms with Crippen molar-refractivity contribution in [1.82, 2.24) is 63.8 Å². The molecule has 0 unspecified atom stereocenters. The number of primary amides is 1. The molecule has 550 valence electrons. The number of amides is 13. The van der Waals surface area contributed by atoms with Gasteiger partial charge in [0.1, 0.15) is 54.4 Å². The number of hydrogen-bond donors (Lipinski definition) is 22. The highest BCUT2D eigenvalue weighted by molar-refractivity contribution is 5.99. The molecule has 11 atom stereocenters. The summed E-state index contributed by atoms with van der Waals surface area (Å²) in [5.74, 6) is -12.1. The van der Waals surface area contributed by atoms with Gasteiger partial charge in [-0.05, 0) is 123 Å². The van der Waals surface area contributed by atoms with E-state index in [-0.39, 0.29) is 89.3 Å². The number of carbonyl (C=O) groups excluding carboxylic acids is 13. The summed E-state index contributed by atoms with van der Waals surface area (Å²) in [6.45, 7) is 3.13. The van der Waals surface area contributed by atoms with Crippen LogP contribution in [0.15, 0.2) is 64.6 Å². The van der Waals surface area contributed by atoms with Gasteiger partial charge >= 0.3 is 0 Å². The Balaban J connectivity index is 2.17.